The van der Waals surface area contributed by atoms with E-state index in [-0.39, 0.29) is 43.5 Å². The van der Waals surface area contributed by atoms with Crippen molar-refractivity contribution in [2.45, 2.75) is 155 Å². The molecule has 0 heterocycles. The number of rotatable bonds is 28. The molecule has 48 heavy (non-hydrogen) atoms. The van der Waals surface area contributed by atoms with Crippen molar-refractivity contribution in [3.8, 4) is 0 Å². The first kappa shape index (κ1) is 44.1. The van der Waals surface area contributed by atoms with Gasteiger partial charge in [0.05, 0.1) is 18.8 Å². The fourth-order valence-corrected chi connectivity index (χ4v) is 6.07. The fourth-order valence-electron chi connectivity index (χ4n) is 5.71. The summed E-state index contributed by atoms with van der Waals surface area (Å²) in [6.45, 7) is 5.56. The Hall–Kier alpha value is -1.88. The van der Waals surface area contributed by atoms with E-state index >= 15 is 0 Å². The fraction of sp³-hybridized carbons (Fsp3) is 0.806. The van der Waals surface area contributed by atoms with E-state index in [4.69, 9.17) is 19.3 Å². The molecule has 0 aromatic rings. The van der Waals surface area contributed by atoms with Crippen molar-refractivity contribution in [1.82, 2.24) is 0 Å². The third-order valence-corrected chi connectivity index (χ3v) is 9.00. The summed E-state index contributed by atoms with van der Waals surface area (Å²) in [7, 11) is -4.81. The highest BCUT2D eigenvalue weighted by Gasteiger charge is 2.39. The van der Waals surface area contributed by atoms with Gasteiger partial charge in [0.2, 0.25) is 0 Å². The smallest absolute Gasteiger partial charge is 0.462 e. The van der Waals surface area contributed by atoms with E-state index in [1.54, 1.807) is 12.2 Å². The van der Waals surface area contributed by atoms with Crippen LogP contribution in [0.25, 0.3) is 0 Å². The van der Waals surface area contributed by atoms with Crippen LogP contribution >= 0.6 is 7.82 Å². The molecule has 0 spiro atoms. The van der Waals surface area contributed by atoms with Crippen molar-refractivity contribution < 1.29 is 52.9 Å². The number of aliphatic hydroxyl groups is 2. The van der Waals surface area contributed by atoms with E-state index < -0.39 is 44.7 Å². The molecule has 1 rings (SSSR count). The maximum atomic E-state index is 12.5. The lowest BCUT2D eigenvalue weighted by molar-refractivity contribution is -0.161. The summed E-state index contributed by atoms with van der Waals surface area (Å²) in [4.78, 5) is 55.2. The predicted octanol–water partition coefficient (Wildman–Crippen LogP) is 6.90. The SMILES string of the molecule is CCCCC[C@H](O)/C=C/[C@H]1[C@H](O)CC(=O)[C@@H]1C/C=C\CCCC(=O)OC[C@H](COP(=O)(O)O)OC(=O)CCCCCCCCCC(C)C. The number of aliphatic hydroxyl groups excluding tert-OH is 2. The number of carbonyl (C=O) groups is 3. The maximum absolute atomic E-state index is 12.5. The molecular weight excluding hydrogens is 639 g/mol. The monoisotopic (exact) mass is 702 g/mol. The van der Waals surface area contributed by atoms with Crippen LogP contribution in [0.4, 0.5) is 0 Å². The minimum atomic E-state index is -4.81. The van der Waals surface area contributed by atoms with Gasteiger partial charge in [0.1, 0.15) is 12.4 Å². The summed E-state index contributed by atoms with van der Waals surface area (Å²) in [6, 6.07) is 0. The van der Waals surface area contributed by atoms with Crippen molar-refractivity contribution in [2.75, 3.05) is 13.2 Å². The van der Waals surface area contributed by atoms with E-state index in [1.807, 2.05) is 12.2 Å². The maximum Gasteiger partial charge on any atom is 0.469 e. The van der Waals surface area contributed by atoms with Gasteiger partial charge in [0, 0.05) is 31.1 Å². The Kier molecular flexibility index (Phi) is 23.9. The molecule has 5 atom stereocenters. The normalized spacial score (nSPS) is 19.8. The molecule has 0 saturated heterocycles. The molecule has 4 N–H and O–H groups in total. The van der Waals surface area contributed by atoms with Crippen LogP contribution in [0.1, 0.15) is 136 Å². The molecular formula is C36H63O11P. The molecule has 1 aliphatic rings. The Labute approximate surface area is 288 Å². The Morgan fingerprint density at radius 1 is 0.896 bits per heavy atom. The molecule has 1 fully saturated rings. The Bertz CT molecular complexity index is 1010. The number of hydrogen-bond donors (Lipinski definition) is 4. The lowest BCUT2D eigenvalue weighted by atomic mass is 9.90. The average Bonchev–Trinajstić information content (AvgIpc) is 3.28. The zero-order valence-corrected chi connectivity index (χ0v) is 30.4. The van der Waals surface area contributed by atoms with Gasteiger partial charge in [-0.3, -0.25) is 18.9 Å². The van der Waals surface area contributed by atoms with Crippen molar-refractivity contribution in [3.63, 3.8) is 0 Å². The highest BCUT2D eigenvalue weighted by molar-refractivity contribution is 7.46. The van der Waals surface area contributed by atoms with E-state index in [2.05, 4.69) is 25.3 Å². The van der Waals surface area contributed by atoms with Crippen molar-refractivity contribution >= 4 is 25.5 Å². The molecule has 0 unspecified atom stereocenters. The molecule has 0 bridgehead atoms. The zero-order valence-electron chi connectivity index (χ0n) is 29.5. The van der Waals surface area contributed by atoms with Gasteiger partial charge in [-0.15, -0.1) is 0 Å². The number of Topliss-reactive ketones (excluding diaryl/α,β-unsaturated/α-hetero) is 1. The standard InChI is InChI=1S/C36H63O11P/c1-4-5-13-19-29(37)23-24-32-31(33(38)25-34(32)39)20-15-11-12-16-21-35(40)45-26-30(27-46-48(42,43)44)47-36(41)22-17-10-8-6-7-9-14-18-28(2)3/h11,15,23-24,28-32,34,37,39H,4-10,12-14,16-22,25-27H2,1-3H3,(H2,42,43,44)/b15-11-,24-23+/t29-,30+,31+,32+,34+/m0/s1. The van der Waals surface area contributed by atoms with Gasteiger partial charge in [-0.1, -0.05) is 109 Å². The summed E-state index contributed by atoms with van der Waals surface area (Å²) >= 11 is 0. The van der Waals surface area contributed by atoms with Crippen LogP contribution in [0, 0.1) is 17.8 Å². The van der Waals surface area contributed by atoms with Crippen LogP contribution in [-0.4, -0.2) is 69.2 Å². The molecule has 0 aromatic carbocycles. The number of phosphoric ester groups is 1. The van der Waals surface area contributed by atoms with Crippen LogP contribution in [0.5, 0.6) is 0 Å². The Morgan fingerprint density at radius 2 is 1.54 bits per heavy atom. The number of allylic oxidation sites excluding steroid dienone is 2. The molecule has 278 valence electrons. The third-order valence-electron chi connectivity index (χ3n) is 8.52. The molecule has 0 amide bonds. The summed E-state index contributed by atoms with van der Waals surface area (Å²) in [6.07, 6.45) is 18.7. The second kappa shape index (κ2) is 26.0. The highest BCUT2D eigenvalue weighted by Crippen LogP contribution is 2.36. The largest absolute Gasteiger partial charge is 0.469 e. The minimum absolute atomic E-state index is 0.00765. The number of hydrogen-bond acceptors (Lipinski definition) is 9. The van der Waals surface area contributed by atoms with Gasteiger partial charge in [-0.2, -0.15) is 0 Å². The second-order valence-electron chi connectivity index (χ2n) is 13.5. The van der Waals surface area contributed by atoms with Gasteiger partial charge >= 0.3 is 19.8 Å². The van der Waals surface area contributed by atoms with Gasteiger partial charge in [-0.05, 0) is 38.0 Å². The number of unbranched alkanes of at least 4 members (excludes halogenated alkanes) is 9. The van der Waals surface area contributed by atoms with E-state index in [9.17, 15) is 29.2 Å². The summed E-state index contributed by atoms with van der Waals surface area (Å²) < 4.78 is 26.2. The number of esters is 2. The van der Waals surface area contributed by atoms with Gasteiger partial charge in [0.25, 0.3) is 0 Å². The van der Waals surface area contributed by atoms with Crippen LogP contribution in [0.3, 0.4) is 0 Å². The lowest BCUT2D eigenvalue weighted by Crippen LogP contribution is -2.29. The molecule has 12 heteroatoms. The topological polar surface area (TPSA) is 177 Å². The number of phosphoric acid groups is 1. The predicted molar refractivity (Wildman–Crippen MR) is 185 cm³/mol. The first-order valence-electron chi connectivity index (χ1n) is 18.1. The quantitative estimate of drug-likeness (QED) is 0.0289. The second-order valence-corrected chi connectivity index (χ2v) is 14.7. The van der Waals surface area contributed by atoms with Crippen LogP contribution in [0.15, 0.2) is 24.3 Å². The highest BCUT2D eigenvalue weighted by atomic mass is 31.2. The summed E-state index contributed by atoms with van der Waals surface area (Å²) in [5, 5.41) is 20.5. The summed E-state index contributed by atoms with van der Waals surface area (Å²) in [5.74, 6) is -1.07. The number of ketones is 1. The van der Waals surface area contributed by atoms with Crippen molar-refractivity contribution in [1.29, 1.82) is 0 Å². The van der Waals surface area contributed by atoms with E-state index in [1.165, 1.54) is 25.7 Å². The lowest BCUT2D eigenvalue weighted by Gasteiger charge is -2.18. The van der Waals surface area contributed by atoms with Crippen LogP contribution in [0.2, 0.25) is 0 Å². The first-order valence-corrected chi connectivity index (χ1v) is 19.6. The third kappa shape index (κ3) is 22.7. The number of ether oxygens (including phenoxy) is 2. The zero-order chi connectivity index (χ0) is 35.8. The minimum Gasteiger partial charge on any atom is -0.462 e. The van der Waals surface area contributed by atoms with Gasteiger partial charge in [-0.25, -0.2) is 4.57 Å². The van der Waals surface area contributed by atoms with Gasteiger partial charge < -0.3 is 29.5 Å². The molecule has 0 aliphatic heterocycles. The van der Waals surface area contributed by atoms with Crippen molar-refractivity contribution in [2.24, 2.45) is 17.8 Å². The molecule has 0 radical (unpaired) electrons. The Balaban J connectivity index is 2.38. The molecule has 1 saturated carbocycles. The van der Waals surface area contributed by atoms with Crippen molar-refractivity contribution in [3.05, 3.63) is 24.3 Å². The molecule has 11 nitrogen and oxygen atoms in total. The van der Waals surface area contributed by atoms with E-state index in [0.717, 1.165) is 44.4 Å². The Morgan fingerprint density at radius 3 is 2.21 bits per heavy atom. The van der Waals surface area contributed by atoms with Gasteiger partial charge in [0.15, 0.2) is 6.10 Å². The molecule has 0 aromatic heterocycles. The van der Waals surface area contributed by atoms with E-state index in [0.29, 0.717) is 32.1 Å². The average molecular weight is 703 g/mol. The first-order chi connectivity index (χ1) is 22.8. The molecule has 1 aliphatic carbocycles. The summed E-state index contributed by atoms with van der Waals surface area (Å²) in [5.41, 5.74) is 0. The van der Waals surface area contributed by atoms with Crippen LogP contribution in [-0.2, 0) is 32.9 Å². The number of carbonyl (C=O) groups excluding carboxylic acids is 3. The van der Waals surface area contributed by atoms with Crippen LogP contribution < -0.4 is 0 Å².